The lowest BCUT2D eigenvalue weighted by atomic mass is 10.1. The van der Waals surface area contributed by atoms with Crippen LogP contribution < -0.4 is 10.9 Å². The van der Waals surface area contributed by atoms with Crippen molar-refractivity contribution in [1.82, 2.24) is 29.7 Å². The Morgan fingerprint density at radius 3 is 2.82 bits per heavy atom. The van der Waals surface area contributed by atoms with Crippen LogP contribution in [0.15, 0.2) is 47.4 Å². The summed E-state index contributed by atoms with van der Waals surface area (Å²) >= 11 is 0. The maximum atomic E-state index is 12.6. The number of aryl methyl sites for hydroxylation is 2. The molecular formula is C19H17N7O2. The molecule has 0 radical (unpaired) electrons. The van der Waals surface area contributed by atoms with Gasteiger partial charge in [-0.3, -0.25) is 25.0 Å². The zero-order valence-electron chi connectivity index (χ0n) is 15.3. The largest absolute Gasteiger partial charge is 0.305 e. The van der Waals surface area contributed by atoms with Gasteiger partial charge in [-0.15, -0.1) is 5.10 Å². The molecule has 28 heavy (non-hydrogen) atoms. The number of hydrogen-bond acceptors (Lipinski definition) is 6. The molecule has 4 rings (SSSR count). The maximum Gasteiger partial charge on any atom is 0.272 e. The predicted molar refractivity (Wildman–Crippen MR) is 104 cm³/mol. The molecule has 0 saturated carbocycles. The highest BCUT2D eigenvalue weighted by Crippen LogP contribution is 2.16. The highest BCUT2D eigenvalue weighted by Gasteiger charge is 2.14. The van der Waals surface area contributed by atoms with Gasteiger partial charge < -0.3 is 4.57 Å². The van der Waals surface area contributed by atoms with E-state index in [9.17, 15) is 9.59 Å². The van der Waals surface area contributed by atoms with Crippen molar-refractivity contribution in [3.8, 4) is 11.5 Å². The Morgan fingerprint density at radius 1 is 1.21 bits per heavy atom. The molecule has 0 aliphatic heterocycles. The average molecular weight is 375 g/mol. The number of anilines is 1. The molecule has 3 aromatic heterocycles. The van der Waals surface area contributed by atoms with Gasteiger partial charge >= 0.3 is 0 Å². The molecule has 0 atom stereocenters. The number of H-pyrrole nitrogens is 1. The first kappa shape index (κ1) is 17.5. The van der Waals surface area contributed by atoms with Gasteiger partial charge in [0.05, 0.1) is 11.0 Å². The first-order chi connectivity index (χ1) is 13.6. The third-order valence-electron chi connectivity index (χ3n) is 4.31. The molecule has 0 aliphatic rings. The molecule has 3 heterocycles. The van der Waals surface area contributed by atoms with Crippen molar-refractivity contribution in [3.63, 3.8) is 0 Å². The van der Waals surface area contributed by atoms with Gasteiger partial charge in [0, 0.05) is 18.3 Å². The molecule has 0 unspecified atom stereocenters. The van der Waals surface area contributed by atoms with E-state index in [0.29, 0.717) is 40.4 Å². The van der Waals surface area contributed by atoms with Crippen LogP contribution in [0.4, 0.5) is 5.95 Å². The molecule has 1 aromatic carbocycles. The molecule has 140 valence electrons. The summed E-state index contributed by atoms with van der Waals surface area (Å²) in [4.78, 5) is 37.5. The van der Waals surface area contributed by atoms with Gasteiger partial charge in [-0.25, -0.2) is 4.98 Å². The summed E-state index contributed by atoms with van der Waals surface area (Å²) in [6.07, 6.45) is 1.65. The van der Waals surface area contributed by atoms with Crippen LogP contribution in [0.1, 0.15) is 23.0 Å². The Labute approximate surface area is 159 Å². The minimum Gasteiger partial charge on any atom is -0.305 e. The fourth-order valence-corrected chi connectivity index (χ4v) is 2.94. The van der Waals surface area contributed by atoms with Crippen molar-refractivity contribution < 1.29 is 4.79 Å². The normalized spacial score (nSPS) is 10.9. The van der Waals surface area contributed by atoms with Crippen molar-refractivity contribution in [2.75, 3.05) is 5.32 Å². The fourth-order valence-electron chi connectivity index (χ4n) is 2.94. The number of carbonyl (C=O) groups excluding carboxylic acids is 1. The van der Waals surface area contributed by atoms with Crippen LogP contribution in [0.5, 0.6) is 0 Å². The van der Waals surface area contributed by atoms with E-state index in [1.165, 1.54) is 0 Å². The van der Waals surface area contributed by atoms with Crippen molar-refractivity contribution in [2.24, 2.45) is 0 Å². The Balaban J connectivity index is 1.62. The molecule has 2 N–H and O–H groups in total. The summed E-state index contributed by atoms with van der Waals surface area (Å²) in [5.41, 5.74) is 2.54. The second kappa shape index (κ2) is 7.03. The minimum atomic E-state index is -0.373. The Kier molecular flexibility index (Phi) is 4.40. The van der Waals surface area contributed by atoms with Crippen LogP contribution >= 0.6 is 0 Å². The van der Waals surface area contributed by atoms with Gasteiger partial charge in [-0.05, 0) is 44.2 Å². The van der Waals surface area contributed by atoms with Crippen LogP contribution in [-0.2, 0) is 6.54 Å². The maximum absolute atomic E-state index is 12.6. The number of rotatable bonds is 4. The Hall–Kier alpha value is -3.88. The predicted octanol–water partition coefficient (Wildman–Crippen LogP) is 2.16. The van der Waals surface area contributed by atoms with E-state index < -0.39 is 0 Å². The lowest BCUT2D eigenvalue weighted by Crippen LogP contribution is -2.23. The number of pyridine rings is 1. The lowest BCUT2D eigenvalue weighted by molar-refractivity contribution is 0.102. The van der Waals surface area contributed by atoms with Crippen LogP contribution in [0.25, 0.3) is 22.6 Å². The molecule has 0 aliphatic carbocycles. The summed E-state index contributed by atoms with van der Waals surface area (Å²) in [6.45, 7) is 4.08. The van der Waals surface area contributed by atoms with E-state index in [4.69, 9.17) is 0 Å². The van der Waals surface area contributed by atoms with Gasteiger partial charge in [0.25, 0.3) is 11.5 Å². The molecule has 0 fully saturated rings. The first-order valence-electron chi connectivity index (χ1n) is 8.73. The van der Waals surface area contributed by atoms with E-state index in [1.54, 1.807) is 48.0 Å². The number of aromatic nitrogens is 6. The van der Waals surface area contributed by atoms with Crippen molar-refractivity contribution in [3.05, 3.63) is 64.2 Å². The van der Waals surface area contributed by atoms with Gasteiger partial charge in [-0.2, -0.15) is 4.98 Å². The first-order valence-corrected chi connectivity index (χ1v) is 8.73. The van der Waals surface area contributed by atoms with Gasteiger partial charge in [0.1, 0.15) is 11.4 Å². The number of carbonyl (C=O) groups is 1. The van der Waals surface area contributed by atoms with E-state index in [2.05, 4.69) is 30.5 Å². The second-order valence-electron chi connectivity index (χ2n) is 6.13. The van der Waals surface area contributed by atoms with Gasteiger partial charge in [0.2, 0.25) is 5.95 Å². The van der Waals surface area contributed by atoms with E-state index in [0.717, 1.165) is 0 Å². The van der Waals surface area contributed by atoms with Crippen LogP contribution in [0.2, 0.25) is 0 Å². The van der Waals surface area contributed by atoms with E-state index in [-0.39, 0.29) is 17.4 Å². The number of hydrogen-bond donors (Lipinski definition) is 2. The van der Waals surface area contributed by atoms with E-state index >= 15 is 0 Å². The average Bonchev–Trinajstić information content (AvgIpc) is 3.18. The van der Waals surface area contributed by atoms with Gasteiger partial charge in [-0.1, -0.05) is 6.07 Å². The summed E-state index contributed by atoms with van der Waals surface area (Å²) < 4.78 is 1.63. The monoisotopic (exact) mass is 375 g/mol. The fraction of sp³-hybridized carbons (Fsp3) is 0.158. The number of fused-ring (bicyclic) bond motifs is 1. The number of nitrogens with one attached hydrogen (secondary N) is 2. The number of aromatic amines is 1. The summed E-state index contributed by atoms with van der Waals surface area (Å²) in [5.74, 6) is 0.231. The molecule has 4 aromatic rings. The smallest absolute Gasteiger partial charge is 0.272 e. The summed E-state index contributed by atoms with van der Waals surface area (Å²) in [7, 11) is 0. The second-order valence-corrected chi connectivity index (χ2v) is 6.13. The summed E-state index contributed by atoms with van der Waals surface area (Å²) in [6, 6.07) is 10.4. The lowest BCUT2D eigenvalue weighted by Gasteiger charge is -2.09. The van der Waals surface area contributed by atoms with E-state index in [1.807, 2.05) is 13.0 Å². The number of amides is 1. The van der Waals surface area contributed by atoms with Crippen LogP contribution in [0, 0.1) is 6.92 Å². The number of benzene rings is 1. The zero-order valence-corrected chi connectivity index (χ0v) is 15.3. The van der Waals surface area contributed by atoms with Crippen LogP contribution in [-0.4, -0.2) is 35.6 Å². The highest BCUT2D eigenvalue weighted by molar-refractivity contribution is 6.05. The molecule has 0 saturated heterocycles. The van der Waals surface area contributed by atoms with Gasteiger partial charge in [0.15, 0.2) is 5.82 Å². The standard InChI is InChI=1S/C19H17N7O2/c1-3-26-15-8-7-12(10-14(15)21-11(2)18(26)28)17(27)23-19-22-16(24-25-19)13-6-4-5-9-20-13/h4-10H,3H2,1-2H3,(H2,22,23,24,25,27). The highest BCUT2D eigenvalue weighted by atomic mass is 16.2. The molecule has 9 nitrogen and oxygen atoms in total. The third-order valence-corrected chi connectivity index (χ3v) is 4.31. The molecule has 9 heteroatoms. The topological polar surface area (TPSA) is 118 Å². The quantitative estimate of drug-likeness (QED) is 0.564. The molecule has 0 spiro atoms. The minimum absolute atomic E-state index is 0.130. The van der Waals surface area contributed by atoms with Crippen molar-refractivity contribution in [2.45, 2.75) is 20.4 Å². The SMILES string of the molecule is CCn1c(=O)c(C)nc2cc(C(=O)Nc3n[nH]c(-c4ccccn4)n3)ccc21. The van der Waals surface area contributed by atoms with Crippen LogP contribution in [0.3, 0.4) is 0 Å². The number of nitrogens with zero attached hydrogens (tertiary/aromatic N) is 5. The zero-order chi connectivity index (χ0) is 19.7. The Morgan fingerprint density at radius 2 is 2.07 bits per heavy atom. The van der Waals surface area contributed by atoms with Crippen molar-refractivity contribution >= 4 is 22.9 Å². The molecular weight excluding hydrogens is 358 g/mol. The summed E-state index contributed by atoms with van der Waals surface area (Å²) in [5, 5.41) is 9.40. The molecule has 0 bridgehead atoms. The third kappa shape index (κ3) is 3.13. The Bertz CT molecular complexity index is 1230. The van der Waals surface area contributed by atoms with Crippen molar-refractivity contribution in [1.29, 1.82) is 0 Å². The molecule has 1 amide bonds.